The molecule has 0 atom stereocenters. The summed E-state index contributed by atoms with van der Waals surface area (Å²) in [6.45, 7) is 1.75. The van der Waals surface area contributed by atoms with Crippen LogP contribution >= 0.6 is 11.8 Å². The number of carboxylic acids is 1. The number of pyridine rings is 1. The molecule has 0 aliphatic rings. The predicted octanol–water partition coefficient (Wildman–Crippen LogP) is 1.28. The summed E-state index contributed by atoms with van der Waals surface area (Å²) in [5, 5.41) is 28.0. The summed E-state index contributed by atoms with van der Waals surface area (Å²) < 4.78 is 1.67. The lowest BCUT2D eigenvalue weighted by atomic mass is 10.3. The van der Waals surface area contributed by atoms with Crippen LogP contribution in [0.3, 0.4) is 0 Å². The van der Waals surface area contributed by atoms with Gasteiger partial charge in [0.2, 0.25) is 0 Å². The highest BCUT2D eigenvalue weighted by Crippen LogP contribution is 2.29. The Kier molecular flexibility index (Phi) is 3.66. The van der Waals surface area contributed by atoms with Gasteiger partial charge in [0.25, 0.3) is 5.69 Å². The SMILES string of the molecule is Cc1nnc(Sc2ncc([N+](=O)[O-])cc2C(=O)O)n1C. The number of hydrogen-bond donors (Lipinski definition) is 1. The minimum absolute atomic E-state index is 0.124. The third-order valence-corrected chi connectivity index (χ3v) is 3.58. The standard InChI is InChI=1S/C10H9N5O4S/c1-5-12-13-10(14(5)2)20-8-7(9(16)17)3-6(4-11-8)15(18)19/h3-4H,1-2H3,(H,16,17). The summed E-state index contributed by atoms with van der Waals surface area (Å²) in [7, 11) is 1.73. The molecule has 10 heteroatoms. The smallest absolute Gasteiger partial charge is 0.338 e. The second-order valence-corrected chi connectivity index (χ2v) is 4.76. The zero-order chi connectivity index (χ0) is 14.9. The minimum Gasteiger partial charge on any atom is -0.478 e. The van der Waals surface area contributed by atoms with Crippen molar-refractivity contribution in [2.75, 3.05) is 0 Å². The van der Waals surface area contributed by atoms with Crippen LogP contribution in [0.2, 0.25) is 0 Å². The number of hydrogen-bond acceptors (Lipinski definition) is 7. The van der Waals surface area contributed by atoms with Crippen LogP contribution in [0, 0.1) is 17.0 Å². The Balaban J connectivity index is 2.43. The third kappa shape index (κ3) is 2.59. The van der Waals surface area contributed by atoms with Crippen LogP contribution in [0.1, 0.15) is 16.2 Å². The fourth-order valence-electron chi connectivity index (χ4n) is 1.34. The zero-order valence-corrected chi connectivity index (χ0v) is 11.3. The molecule has 2 aromatic rings. The Labute approximate surface area is 116 Å². The highest BCUT2D eigenvalue weighted by atomic mass is 32.2. The lowest BCUT2D eigenvalue weighted by molar-refractivity contribution is -0.385. The second kappa shape index (κ2) is 5.25. The van der Waals surface area contributed by atoms with E-state index in [0.717, 1.165) is 24.0 Å². The molecule has 0 aliphatic carbocycles. The van der Waals surface area contributed by atoms with Crippen molar-refractivity contribution in [3.8, 4) is 0 Å². The van der Waals surface area contributed by atoms with Crippen LogP contribution in [-0.4, -0.2) is 35.7 Å². The normalized spacial score (nSPS) is 10.5. The van der Waals surface area contributed by atoms with Gasteiger partial charge in [0.15, 0.2) is 5.16 Å². The molecule has 0 fully saturated rings. The third-order valence-electron chi connectivity index (χ3n) is 2.52. The number of nitrogens with zero attached hydrogens (tertiary/aromatic N) is 5. The monoisotopic (exact) mass is 295 g/mol. The Morgan fingerprint density at radius 2 is 2.20 bits per heavy atom. The summed E-state index contributed by atoms with van der Waals surface area (Å²) in [5.41, 5.74) is -0.620. The summed E-state index contributed by atoms with van der Waals surface area (Å²) in [5.74, 6) is -0.631. The first kappa shape index (κ1) is 13.9. The molecule has 104 valence electrons. The molecule has 0 saturated heterocycles. The Hall–Kier alpha value is -2.49. The zero-order valence-electron chi connectivity index (χ0n) is 10.5. The van der Waals surface area contributed by atoms with E-state index in [1.165, 1.54) is 0 Å². The second-order valence-electron chi connectivity index (χ2n) is 3.80. The van der Waals surface area contributed by atoms with Gasteiger partial charge < -0.3 is 9.67 Å². The average Bonchev–Trinajstić information content (AvgIpc) is 2.70. The van der Waals surface area contributed by atoms with Gasteiger partial charge in [0.05, 0.1) is 10.5 Å². The molecule has 1 N–H and O–H groups in total. The van der Waals surface area contributed by atoms with Crippen LogP contribution in [0.5, 0.6) is 0 Å². The van der Waals surface area contributed by atoms with Crippen molar-refractivity contribution in [3.05, 3.63) is 33.8 Å². The molecule has 2 rings (SSSR count). The van der Waals surface area contributed by atoms with E-state index >= 15 is 0 Å². The summed E-state index contributed by atoms with van der Waals surface area (Å²) >= 11 is 0.985. The van der Waals surface area contributed by atoms with E-state index in [1.54, 1.807) is 18.5 Å². The van der Waals surface area contributed by atoms with E-state index in [9.17, 15) is 14.9 Å². The number of rotatable bonds is 4. The number of carboxylic acid groups (broad SMARTS) is 1. The van der Waals surface area contributed by atoms with Crippen molar-refractivity contribution >= 4 is 23.4 Å². The maximum absolute atomic E-state index is 11.2. The minimum atomic E-state index is -1.29. The fraction of sp³-hybridized carbons (Fsp3) is 0.200. The molecule has 2 aromatic heterocycles. The van der Waals surface area contributed by atoms with Crippen molar-refractivity contribution in [1.29, 1.82) is 0 Å². The van der Waals surface area contributed by atoms with Gasteiger partial charge in [-0.2, -0.15) is 0 Å². The van der Waals surface area contributed by atoms with Gasteiger partial charge in [-0.1, -0.05) is 0 Å². The van der Waals surface area contributed by atoms with Crippen molar-refractivity contribution < 1.29 is 14.8 Å². The van der Waals surface area contributed by atoms with Crippen LogP contribution in [0.4, 0.5) is 5.69 Å². The fourth-order valence-corrected chi connectivity index (χ4v) is 2.22. The van der Waals surface area contributed by atoms with Crippen molar-refractivity contribution in [2.45, 2.75) is 17.1 Å². The lowest BCUT2D eigenvalue weighted by Crippen LogP contribution is -2.03. The van der Waals surface area contributed by atoms with Gasteiger partial charge in [0, 0.05) is 13.1 Å². The van der Waals surface area contributed by atoms with Crippen LogP contribution in [0.15, 0.2) is 22.4 Å². The molecule has 0 spiro atoms. The Morgan fingerprint density at radius 1 is 1.50 bits per heavy atom. The van der Waals surface area contributed by atoms with Crippen LogP contribution in [-0.2, 0) is 7.05 Å². The lowest BCUT2D eigenvalue weighted by Gasteiger charge is -2.04. The highest BCUT2D eigenvalue weighted by molar-refractivity contribution is 7.99. The number of aromatic carboxylic acids is 1. The molecule has 0 radical (unpaired) electrons. The first-order valence-corrected chi connectivity index (χ1v) is 6.13. The number of nitro groups is 1. The van der Waals surface area contributed by atoms with E-state index in [2.05, 4.69) is 15.2 Å². The maximum Gasteiger partial charge on any atom is 0.338 e. The molecular weight excluding hydrogens is 286 g/mol. The van der Waals surface area contributed by atoms with Crippen molar-refractivity contribution in [3.63, 3.8) is 0 Å². The van der Waals surface area contributed by atoms with Crippen molar-refractivity contribution in [1.82, 2.24) is 19.7 Å². The first-order valence-electron chi connectivity index (χ1n) is 5.31. The van der Waals surface area contributed by atoms with E-state index in [4.69, 9.17) is 5.11 Å². The number of aryl methyl sites for hydroxylation is 1. The summed E-state index contributed by atoms with van der Waals surface area (Å²) in [4.78, 5) is 24.9. The molecule has 0 saturated carbocycles. The molecule has 0 aromatic carbocycles. The molecule has 0 unspecified atom stereocenters. The van der Waals surface area contributed by atoms with Gasteiger partial charge in [0.1, 0.15) is 17.0 Å². The highest BCUT2D eigenvalue weighted by Gasteiger charge is 2.20. The van der Waals surface area contributed by atoms with Gasteiger partial charge in [-0.25, -0.2) is 9.78 Å². The molecule has 9 nitrogen and oxygen atoms in total. The first-order chi connectivity index (χ1) is 9.40. The molecule has 0 bridgehead atoms. The van der Waals surface area contributed by atoms with E-state index in [0.29, 0.717) is 11.0 Å². The van der Waals surface area contributed by atoms with Gasteiger partial charge >= 0.3 is 5.97 Å². The molecule has 0 aliphatic heterocycles. The van der Waals surface area contributed by atoms with E-state index in [-0.39, 0.29) is 16.3 Å². The largest absolute Gasteiger partial charge is 0.478 e. The number of aromatic nitrogens is 4. The number of carbonyl (C=O) groups is 1. The maximum atomic E-state index is 11.2. The Bertz CT molecular complexity index is 699. The molecule has 20 heavy (non-hydrogen) atoms. The predicted molar refractivity (Wildman–Crippen MR) is 67.7 cm³/mol. The van der Waals surface area contributed by atoms with Gasteiger partial charge in [-0.05, 0) is 18.7 Å². The molecule has 2 heterocycles. The summed E-state index contributed by atoms with van der Waals surface area (Å²) in [6, 6.07) is 0.973. The van der Waals surface area contributed by atoms with Gasteiger partial charge in [-0.15, -0.1) is 10.2 Å². The Morgan fingerprint density at radius 3 is 2.70 bits per heavy atom. The van der Waals surface area contributed by atoms with E-state index in [1.807, 2.05) is 0 Å². The van der Waals surface area contributed by atoms with Crippen molar-refractivity contribution in [2.24, 2.45) is 7.05 Å². The van der Waals surface area contributed by atoms with E-state index < -0.39 is 10.9 Å². The average molecular weight is 295 g/mol. The quantitative estimate of drug-likeness (QED) is 0.660. The molecule has 0 amide bonds. The van der Waals surface area contributed by atoms with Crippen LogP contribution in [0.25, 0.3) is 0 Å². The topological polar surface area (TPSA) is 124 Å². The van der Waals surface area contributed by atoms with Gasteiger partial charge in [-0.3, -0.25) is 10.1 Å². The summed E-state index contributed by atoms with van der Waals surface area (Å²) in [6.07, 6.45) is 1.01. The molecular formula is C10H9N5O4S. The van der Waals surface area contributed by atoms with Crippen LogP contribution < -0.4 is 0 Å².